The molecule has 0 spiro atoms. The number of hydrogen-bond acceptors (Lipinski definition) is 1. The van der Waals surface area contributed by atoms with Crippen molar-refractivity contribution in [1.82, 2.24) is 10.2 Å². The van der Waals surface area contributed by atoms with Crippen molar-refractivity contribution in [3.8, 4) is 12.3 Å². The smallest absolute Gasteiger partial charge is 0.318 e. The fourth-order valence-corrected chi connectivity index (χ4v) is 2.75. The quantitative estimate of drug-likeness (QED) is 0.854. The van der Waals surface area contributed by atoms with Crippen LogP contribution in [0.25, 0.3) is 0 Å². The summed E-state index contributed by atoms with van der Waals surface area (Å²) in [5, 5.41) is 3.05. The van der Waals surface area contributed by atoms with E-state index in [0.29, 0.717) is 23.6 Å². The van der Waals surface area contributed by atoms with Gasteiger partial charge in [-0.05, 0) is 31.4 Å². The highest BCUT2D eigenvalue weighted by atomic mass is 35.5. The lowest BCUT2D eigenvalue weighted by atomic mass is 10.0. The molecule has 0 bridgehead atoms. The van der Waals surface area contributed by atoms with Crippen LogP contribution in [0.4, 0.5) is 9.18 Å². The zero-order chi connectivity index (χ0) is 14.5. The number of urea groups is 1. The molecule has 1 heterocycles. The summed E-state index contributed by atoms with van der Waals surface area (Å²) < 4.78 is 13.8. The lowest BCUT2D eigenvalue weighted by Gasteiger charge is -2.25. The molecule has 0 aromatic heterocycles. The van der Waals surface area contributed by atoms with Crippen LogP contribution in [0.1, 0.15) is 18.4 Å². The van der Waals surface area contributed by atoms with Gasteiger partial charge in [-0.25, -0.2) is 9.18 Å². The third-order valence-corrected chi connectivity index (χ3v) is 3.84. The van der Waals surface area contributed by atoms with Crippen LogP contribution in [-0.4, -0.2) is 30.1 Å². The maximum absolute atomic E-state index is 13.8. The highest BCUT2D eigenvalue weighted by molar-refractivity contribution is 6.31. The minimum atomic E-state index is -0.326. The van der Waals surface area contributed by atoms with Crippen molar-refractivity contribution in [2.45, 2.75) is 25.3 Å². The minimum Gasteiger partial charge on any atom is -0.327 e. The van der Waals surface area contributed by atoms with Crippen molar-refractivity contribution < 1.29 is 9.18 Å². The van der Waals surface area contributed by atoms with E-state index < -0.39 is 0 Å². The average Bonchev–Trinajstić information content (AvgIpc) is 2.88. The topological polar surface area (TPSA) is 32.3 Å². The molecule has 2 amide bonds. The number of carbonyl (C=O) groups is 1. The number of terminal acetylenes is 1. The van der Waals surface area contributed by atoms with Crippen molar-refractivity contribution >= 4 is 17.6 Å². The fraction of sp³-hybridized carbons (Fsp3) is 0.400. The average molecular weight is 295 g/mol. The van der Waals surface area contributed by atoms with E-state index in [-0.39, 0.29) is 24.4 Å². The molecule has 1 N–H and O–H groups in total. The summed E-state index contributed by atoms with van der Waals surface area (Å²) in [7, 11) is 0. The molecule has 0 radical (unpaired) electrons. The number of rotatable bonds is 3. The number of carbonyl (C=O) groups excluding carboxylic acids is 1. The molecule has 1 fully saturated rings. The Labute approximate surface area is 123 Å². The SMILES string of the molecule is C#CCNC(=O)N1CCCC1Cc1c(F)cccc1Cl. The van der Waals surface area contributed by atoms with E-state index in [9.17, 15) is 9.18 Å². The molecular weight excluding hydrogens is 279 g/mol. The predicted octanol–water partition coefficient (Wildman–Crippen LogP) is 2.83. The molecule has 1 aromatic rings. The summed E-state index contributed by atoms with van der Waals surface area (Å²) in [5.41, 5.74) is 0.468. The van der Waals surface area contributed by atoms with E-state index in [0.717, 1.165) is 12.8 Å². The second-order valence-electron chi connectivity index (χ2n) is 4.76. The third kappa shape index (κ3) is 3.23. The Hall–Kier alpha value is -1.73. The standard InChI is InChI=1S/C15H16ClFN2O/c1-2-8-18-15(20)19-9-4-5-11(19)10-12-13(16)6-3-7-14(12)17/h1,3,6-7,11H,4-5,8-10H2,(H,18,20). The van der Waals surface area contributed by atoms with E-state index in [1.807, 2.05) is 0 Å². The van der Waals surface area contributed by atoms with Crippen LogP contribution in [0.5, 0.6) is 0 Å². The molecule has 0 aliphatic carbocycles. The molecule has 20 heavy (non-hydrogen) atoms. The third-order valence-electron chi connectivity index (χ3n) is 3.48. The monoisotopic (exact) mass is 294 g/mol. The first-order valence-corrected chi connectivity index (χ1v) is 6.92. The number of benzene rings is 1. The normalized spacial score (nSPS) is 17.9. The highest BCUT2D eigenvalue weighted by Crippen LogP contribution is 2.26. The van der Waals surface area contributed by atoms with Gasteiger partial charge in [0.1, 0.15) is 5.82 Å². The fourth-order valence-electron chi connectivity index (χ4n) is 2.51. The van der Waals surface area contributed by atoms with Gasteiger partial charge in [-0.3, -0.25) is 0 Å². The second-order valence-corrected chi connectivity index (χ2v) is 5.16. The molecule has 0 saturated carbocycles. The molecule has 1 unspecified atom stereocenters. The first-order valence-electron chi connectivity index (χ1n) is 6.54. The van der Waals surface area contributed by atoms with Crippen molar-refractivity contribution in [3.05, 3.63) is 34.6 Å². The predicted molar refractivity (Wildman–Crippen MR) is 77.1 cm³/mol. The van der Waals surface area contributed by atoms with E-state index in [2.05, 4.69) is 11.2 Å². The number of nitrogens with zero attached hydrogens (tertiary/aromatic N) is 1. The minimum absolute atomic E-state index is 0.0397. The largest absolute Gasteiger partial charge is 0.327 e. The Balaban J connectivity index is 2.08. The van der Waals surface area contributed by atoms with E-state index in [1.165, 1.54) is 6.07 Å². The van der Waals surface area contributed by atoms with Gasteiger partial charge < -0.3 is 10.2 Å². The van der Waals surface area contributed by atoms with Crippen LogP contribution in [0.2, 0.25) is 5.02 Å². The number of nitrogens with one attached hydrogen (secondary N) is 1. The van der Waals surface area contributed by atoms with Crippen LogP contribution >= 0.6 is 11.6 Å². The Morgan fingerprint density at radius 2 is 2.40 bits per heavy atom. The summed E-state index contributed by atoms with van der Waals surface area (Å²) in [5.74, 6) is 2.04. The maximum Gasteiger partial charge on any atom is 0.318 e. The van der Waals surface area contributed by atoms with Gasteiger partial charge in [0.2, 0.25) is 0 Å². The van der Waals surface area contributed by atoms with Crippen molar-refractivity contribution in [1.29, 1.82) is 0 Å². The zero-order valence-corrected chi connectivity index (χ0v) is 11.8. The van der Waals surface area contributed by atoms with Crippen molar-refractivity contribution in [3.63, 3.8) is 0 Å². The summed E-state index contributed by atoms with van der Waals surface area (Å²) in [6, 6.07) is 4.39. The van der Waals surface area contributed by atoms with E-state index >= 15 is 0 Å². The summed E-state index contributed by atoms with van der Waals surface area (Å²) in [6.07, 6.45) is 7.29. The number of amides is 2. The Bertz CT molecular complexity index is 521. The van der Waals surface area contributed by atoms with E-state index in [4.69, 9.17) is 18.0 Å². The molecule has 1 atom stereocenters. The lowest BCUT2D eigenvalue weighted by Crippen LogP contribution is -2.43. The lowest BCUT2D eigenvalue weighted by molar-refractivity contribution is 0.193. The summed E-state index contributed by atoms with van der Waals surface area (Å²) in [6.45, 7) is 0.857. The molecule has 106 valence electrons. The van der Waals surface area contributed by atoms with Gasteiger partial charge in [0.25, 0.3) is 0 Å². The van der Waals surface area contributed by atoms with Crippen LogP contribution < -0.4 is 5.32 Å². The molecule has 1 aliphatic rings. The van der Waals surface area contributed by atoms with E-state index in [1.54, 1.807) is 17.0 Å². The Morgan fingerprint density at radius 1 is 1.60 bits per heavy atom. The zero-order valence-electron chi connectivity index (χ0n) is 11.0. The van der Waals surface area contributed by atoms with Crippen molar-refractivity contribution in [2.75, 3.05) is 13.1 Å². The van der Waals surface area contributed by atoms with Gasteiger partial charge in [-0.1, -0.05) is 23.6 Å². The van der Waals surface area contributed by atoms with Gasteiger partial charge in [-0.15, -0.1) is 6.42 Å². The molecule has 2 rings (SSSR count). The first kappa shape index (κ1) is 14.7. The summed E-state index contributed by atoms with van der Waals surface area (Å²) >= 11 is 6.03. The molecular formula is C15H16ClFN2O. The van der Waals surface area contributed by atoms with Gasteiger partial charge in [0.05, 0.1) is 6.54 Å². The molecule has 5 heteroatoms. The molecule has 1 aromatic carbocycles. The van der Waals surface area contributed by atoms with Gasteiger partial charge in [-0.2, -0.15) is 0 Å². The number of halogens is 2. The number of likely N-dealkylation sites (tertiary alicyclic amines) is 1. The second kappa shape index (κ2) is 6.62. The molecule has 1 saturated heterocycles. The van der Waals surface area contributed by atoms with Gasteiger partial charge >= 0.3 is 6.03 Å². The van der Waals surface area contributed by atoms with Crippen LogP contribution in [-0.2, 0) is 6.42 Å². The maximum atomic E-state index is 13.8. The number of hydrogen-bond donors (Lipinski definition) is 1. The molecule has 1 aliphatic heterocycles. The highest BCUT2D eigenvalue weighted by Gasteiger charge is 2.29. The Morgan fingerprint density at radius 3 is 3.10 bits per heavy atom. The van der Waals surface area contributed by atoms with Gasteiger partial charge in [0.15, 0.2) is 0 Å². The molecule has 3 nitrogen and oxygen atoms in total. The van der Waals surface area contributed by atoms with Gasteiger partial charge in [0, 0.05) is 23.2 Å². The van der Waals surface area contributed by atoms with Crippen molar-refractivity contribution in [2.24, 2.45) is 0 Å². The van der Waals surface area contributed by atoms with Crippen LogP contribution in [0.3, 0.4) is 0 Å². The first-order chi connectivity index (χ1) is 9.63. The van der Waals surface area contributed by atoms with Crippen LogP contribution in [0.15, 0.2) is 18.2 Å². The van der Waals surface area contributed by atoms with Crippen LogP contribution in [0, 0.1) is 18.2 Å². The summed E-state index contributed by atoms with van der Waals surface area (Å²) in [4.78, 5) is 13.7. The Kier molecular flexibility index (Phi) is 4.86.